The highest BCUT2D eigenvalue weighted by Crippen LogP contribution is 2.37. The van der Waals surface area contributed by atoms with Crippen LogP contribution in [0.2, 0.25) is 0 Å². The summed E-state index contributed by atoms with van der Waals surface area (Å²) in [4.78, 5) is 12.5. The molecule has 3 nitrogen and oxygen atoms in total. The van der Waals surface area contributed by atoms with Crippen molar-refractivity contribution in [3.05, 3.63) is 28.8 Å². The van der Waals surface area contributed by atoms with Crippen molar-refractivity contribution >= 4 is 5.97 Å². The predicted octanol–water partition coefficient (Wildman–Crippen LogP) is 5.88. The number of carbonyl (C=O) groups is 1. The number of methoxy groups -OCH3 is 1. The van der Waals surface area contributed by atoms with Gasteiger partial charge in [-0.2, -0.15) is 0 Å². The summed E-state index contributed by atoms with van der Waals surface area (Å²) >= 11 is 0. The summed E-state index contributed by atoms with van der Waals surface area (Å²) in [5.41, 5.74) is 3.65. The van der Waals surface area contributed by atoms with Gasteiger partial charge in [0.15, 0.2) is 0 Å². The van der Waals surface area contributed by atoms with Gasteiger partial charge in [0.1, 0.15) is 5.75 Å². The van der Waals surface area contributed by atoms with E-state index >= 15 is 0 Å². The molecule has 0 aliphatic carbocycles. The number of benzene rings is 1. The number of hydrogen-bond acceptors (Lipinski definition) is 3. The van der Waals surface area contributed by atoms with Crippen LogP contribution in [0.15, 0.2) is 12.1 Å². The van der Waals surface area contributed by atoms with Gasteiger partial charge in [-0.25, -0.2) is 0 Å². The smallest absolute Gasteiger partial charge is 0.309 e. The molecule has 0 amide bonds. The number of esters is 1. The molecule has 0 radical (unpaired) electrons. The first-order chi connectivity index (χ1) is 12.0. The van der Waals surface area contributed by atoms with Crippen molar-refractivity contribution in [2.75, 3.05) is 13.7 Å². The number of carbonyl (C=O) groups excluding carboxylic acids is 1. The molecule has 1 aromatic rings. The first kappa shape index (κ1) is 22.5. The summed E-state index contributed by atoms with van der Waals surface area (Å²) in [5, 5.41) is 0. The van der Waals surface area contributed by atoms with Crippen LogP contribution in [0.1, 0.15) is 84.4 Å². The van der Waals surface area contributed by atoms with Crippen LogP contribution in [0.25, 0.3) is 0 Å². The van der Waals surface area contributed by atoms with Crippen molar-refractivity contribution in [1.29, 1.82) is 0 Å². The summed E-state index contributed by atoms with van der Waals surface area (Å²) in [5.74, 6) is 1.48. The SMILES string of the molecule is CCOC(=O)C(Cc1cc(C(C)(C)C)cc(C(C)C)c1OC)CC(C)C. The van der Waals surface area contributed by atoms with E-state index in [1.54, 1.807) is 7.11 Å². The molecule has 1 unspecified atom stereocenters. The molecule has 1 aromatic carbocycles. The summed E-state index contributed by atoms with van der Waals surface area (Å²) in [6.07, 6.45) is 1.47. The summed E-state index contributed by atoms with van der Waals surface area (Å²) in [6.45, 7) is 17.6. The Morgan fingerprint density at radius 2 is 1.73 bits per heavy atom. The molecule has 148 valence electrons. The van der Waals surface area contributed by atoms with E-state index in [2.05, 4.69) is 60.6 Å². The third-order valence-electron chi connectivity index (χ3n) is 4.73. The van der Waals surface area contributed by atoms with Gasteiger partial charge in [0.25, 0.3) is 0 Å². The zero-order chi connectivity index (χ0) is 20.1. The van der Waals surface area contributed by atoms with Crippen molar-refractivity contribution in [3.8, 4) is 5.75 Å². The van der Waals surface area contributed by atoms with Gasteiger partial charge in [-0.1, -0.05) is 60.6 Å². The van der Waals surface area contributed by atoms with Gasteiger partial charge in [0.05, 0.1) is 19.6 Å². The van der Waals surface area contributed by atoms with E-state index in [1.165, 1.54) is 11.1 Å². The molecular weight excluding hydrogens is 324 g/mol. The highest BCUT2D eigenvalue weighted by atomic mass is 16.5. The van der Waals surface area contributed by atoms with E-state index in [0.29, 0.717) is 24.9 Å². The van der Waals surface area contributed by atoms with Crippen LogP contribution >= 0.6 is 0 Å². The first-order valence-electron chi connectivity index (χ1n) is 9.89. The normalized spacial score (nSPS) is 13.2. The Morgan fingerprint density at radius 3 is 2.15 bits per heavy atom. The molecule has 0 fully saturated rings. The van der Waals surface area contributed by atoms with Crippen molar-refractivity contribution in [2.24, 2.45) is 11.8 Å². The Bertz CT molecular complexity index is 594. The minimum Gasteiger partial charge on any atom is -0.496 e. The molecule has 0 aliphatic heterocycles. The van der Waals surface area contributed by atoms with E-state index < -0.39 is 0 Å². The highest BCUT2D eigenvalue weighted by molar-refractivity contribution is 5.73. The van der Waals surface area contributed by atoms with Crippen LogP contribution in [0.4, 0.5) is 0 Å². The van der Waals surface area contributed by atoms with Gasteiger partial charge in [-0.05, 0) is 53.7 Å². The maximum absolute atomic E-state index is 12.5. The number of rotatable bonds is 8. The molecule has 0 saturated heterocycles. The van der Waals surface area contributed by atoms with E-state index in [0.717, 1.165) is 17.7 Å². The Balaban J connectivity index is 3.41. The van der Waals surface area contributed by atoms with Crippen molar-refractivity contribution in [3.63, 3.8) is 0 Å². The molecular formula is C23H38O3. The van der Waals surface area contributed by atoms with Gasteiger partial charge in [0.2, 0.25) is 0 Å². The fourth-order valence-electron chi connectivity index (χ4n) is 3.33. The first-order valence-corrected chi connectivity index (χ1v) is 9.89. The Hall–Kier alpha value is -1.51. The summed E-state index contributed by atoms with van der Waals surface area (Å²) in [7, 11) is 1.73. The topological polar surface area (TPSA) is 35.5 Å². The predicted molar refractivity (Wildman–Crippen MR) is 109 cm³/mol. The van der Waals surface area contributed by atoms with Crippen molar-refractivity contribution in [2.45, 2.75) is 79.6 Å². The molecule has 1 atom stereocenters. The van der Waals surface area contributed by atoms with Crippen molar-refractivity contribution < 1.29 is 14.3 Å². The monoisotopic (exact) mass is 362 g/mol. The third kappa shape index (κ3) is 6.03. The van der Waals surface area contributed by atoms with E-state index in [1.807, 2.05) is 6.92 Å². The highest BCUT2D eigenvalue weighted by Gasteiger charge is 2.26. The number of hydrogen-bond donors (Lipinski definition) is 0. The summed E-state index contributed by atoms with van der Waals surface area (Å²) < 4.78 is 11.1. The minimum atomic E-state index is -0.140. The zero-order valence-electron chi connectivity index (χ0n) is 18.2. The van der Waals surface area contributed by atoms with Crippen molar-refractivity contribution in [1.82, 2.24) is 0 Å². The number of ether oxygens (including phenoxy) is 2. The van der Waals surface area contributed by atoms with Gasteiger partial charge >= 0.3 is 5.97 Å². The molecule has 3 heteroatoms. The van der Waals surface area contributed by atoms with Crippen LogP contribution in [0.5, 0.6) is 5.75 Å². The lowest BCUT2D eigenvalue weighted by molar-refractivity contribution is -0.148. The summed E-state index contributed by atoms with van der Waals surface area (Å²) in [6, 6.07) is 4.48. The molecule has 0 saturated carbocycles. The molecule has 1 rings (SSSR count). The zero-order valence-corrected chi connectivity index (χ0v) is 18.2. The van der Waals surface area contributed by atoms with Crippen LogP contribution < -0.4 is 4.74 Å². The maximum atomic E-state index is 12.5. The molecule has 0 N–H and O–H groups in total. The second kappa shape index (κ2) is 9.43. The fourth-order valence-corrected chi connectivity index (χ4v) is 3.33. The average molecular weight is 363 g/mol. The standard InChI is InChI=1S/C23H38O3/c1-10-26-22(24)18(11-15(2)3)12-17-13-19(23(6,7)8)14-20(16(4)5)21(17)25-9/h13-16,18H,10-12H2,1-9H3. The molecule has 26 heavy (non-hydrogen) atoms. The Kier molecular flexibility index (Phi) is 8.17. The quantitative estimate of drug-likeness (QED) is 0.541. The molecule has 0 bridgehead atoms. The molecule has 0 spiro atoms. The second-order valence-electron chi connectivity index (χ2n) is 8.95. The van der Waals surface area contributed by atoms with E-state index in [-0.39, 0.29) is 17.3 Å². The lowest BCUT2D eigenvalue weighted by atomic mass is 9.81. The average Bonchev–Trinajstić information content (AvgIpc) is 2.52. The van der Waals surface area contributed by atoms with Gasteiger partial charge in [0, 0.05) is 0 Å². The van der Waals surface area contributed by atoms with Gasteiger partial charge in [-0.3, -0.25) is 4.79 Å². The van der Waals surface area contributed by atoms with Crippen LogP contribution in [0, 0.1) is 11.8 Å². The molecule has 0 aromatic heterocycles. The van der Waals surface area contributed by atoms with Crippen LogP contribution in [-0.4, -0.2) is 19.7 Å². The lowest BCUT2D eigenvalue weighted by Gasteiger charge is -2.26. The third-order valence-corrected chi connectivity index (χ3v) is 4.73. The lowest BCUT2D eigenvalue weighted by Crippen LogP contribution is -2.23. The van der Waals surface area contributed by atoms with E-state index in [4.69, 9.17) is 9.47 Å². The fraction of sp³-hybridized carbons (Fsp3) is 0.696. The minimum absolute atomic E-state index is 0.0438. The van der Waals surface area contributed by atoms with Crippen LogP contribution in [0.3, 0.4) is 0 Å². The molecule has 0 heterocycles. The van der Waals surface area contributed by atoms with Gasteiger partial charge in [-0.15, -0.1) is 0 Å². The van der Waals surface area contributed by atoms with Crippen LogP contribution in [-0.2, 0) is 21.4 Å². The molecule has 0 aliphatic rings. The largest absolute Gasteiger partial charge is 0.496 e. The second-order valence-corrected chi connectivity index (χ2v) is 8.95. The Labute approximate surface area is 160 Å². The van der Waals surface area contributed by atoms with Gasteiger partial charge < -0.3 is 9.47 Å². The van der Waals surface area contributed by atoms with E-state index in [9.17, 15) is 4.79 Å². The maximum Gasteiger partial charge on any atom is 0.309 e. The Morgan fingerprint density at radius 1 is 1.12 bits per heavy atom.